The van der Waals surface area contributed by atoms with Crippen molar-refractivity contribution < 1.29 is 4.39 Å². The molecule has 5 rings (SSSR count). The summed E-state index contributed by atoms with van der Waals surface area (Å²) in [6, 6.07) is 25.7. The Bertz CT molecular complexity index is 1210. The minimum Gasteiger partial charge on any atom is -0.206 e. The van der Waals surface area contributed by atoms with Crippen molar-refractivity contribution in [2.45, 2.75) is 109 Å². The van der Waals surface area contributed by atoms with E-state index in [1.807, 2.05) is 12.1 Å². The maximum atomic E-state index is 15.1. The Balaban J connectivity index is 1.07. The van der Waals surface area contributed by atoms with Crippen LogP contribution in [-0.2, 0) is 6.42 Å². The first-order valence-corrected chi connectivity index (χ1v) is 16.7. The van der Waals surface area contributed by atoms with Gasteiger partial charge in [-0.2, -0.15) is 0 Å². The average molecular weight is 551 g/mol. The van der Waals surface area contributed by atoms with Gasteiger partial charge < -0.3 is 0 Å². The summed E-state index contributed by atoms with van der Waals surface area (Å²) < 4.78 is 15.1. The number of hydrogen-bond donors (Lipinski definition) is 0. The summed E-state index contributed by atoms with van der Waals surface area (Å²) in [4.78, 5) is 0. The van der Waals surface area contributed by atoms with Crippen LogP contribution < -0.4 is 0 Å². The fourth-order valence-electron chi connectivity index (χ4n) is 7.65. The summed E-state index contributed by atoms with van der Waals surface area (Å²) >= 11 is 0. The van der Waals surface area contributed by atoms with E-state index in [9.17, 15) is 0 Å². The van der Waals surface area contributed by atoms with Crippen molar-refractivity contribution in [1.29, 1.82) is 0 Å². The fourth-order valence-corrected chi connectivity index (χ4v) is 7.65. The lowest BCUT2D eigenvalue weighted by Gasteiger charge is -2.30. The Morgan fingerprint density at radius 2 is 1.39 bits per heavy atom. The van der Waals surface area contributed by atoms with Crippen LogP contribution in [0.3, 0.4) is 0 Å². The molecule has 0 aliphatic heterocycles. The third-order valence-electron chi connectivity index (χ3n) is 10.3. The van der Waals surface area contributed by atoms with E-state index >= 15 is 4.39 Å². The monoisotopic (exact) mass is 550 g/mol. The lowest BCUT2D eigenvalue weighted by molar-refractivity contribution is 0.252. The van der Waals surface area contributed by atoms with Gasteiger partial charge in [-0.15, -0.1) is 0 Å². The van der Waals surface area contributed by atoms with Crippen LogP contribution in [0.4, 0.5) is 4.39 Å². The second-order valence-corrected chi connectivity index (χ2v) is 13.3. The maximum Gasteiger partial charge on any atom is 0.130 e. The number of benzene rings is 3. The quantitative estimate of drug-likeness (QED) is 0.208. The highest BCUT2D eigenvalue weighted by molar-refractivity contribution is 5.70. The largest absolute Gasteiger partial charge is 0.206 e. The van der Waals surface area contributed by atoms with Gasteiger partial charge in [-0.3, -0.25) is 0 Å². The third-order valence-corrected chi connectivity index (χ3v) is 10.3. The van der Waals surface area contributed by atoms with Gasteiger partial charge >= 0.3 is 0 Å². The molecule has 1 heteroatoms. The summed E-state index contributed by atoms with van der Waals surface area (Å²) in [5.74, 6) is 3.69. The second-order valence-electron chi connectivity index (χ2n) is 13.3. The molecule has 3 aromatic rings. The number of aryl methyl sites for hydroxylation is 1. The van der Waals surface area contributed by atoms with Gasteiger partial charge in [0.25, 0.3) is 0 Å². The molecule has 0 radical (unpaired) electrons. The van der Waals surface area contributed by atoms with E-state index in [4.69, 9.17) is 0 Å². The molecule has 0 amide bonds. The molecule has 0 N–H and O–H groups in total. The molecule has 2 aliphatic carbocycles. The molecule has 0 spiro atoms. The highest BCUT2D eigenvalue weighted by atomic mass is 19.1. The van der Waals surface area contributed by atoms with Crippen molar-refractivity contribution in [3.8, 4) is 0 Å². The molecule has 0 saturated heterocycles. The topological polar surface area (TPSA) is 0 Å². The minimum absolute atomic E-state index is 0.0937. The number of rotatable bonds is 11. The molecule has 0 heterocycles. The van der Waals surface area contributed by atoms with Crippen LogP contribution in [0.25, 0.3) is 12.2 Å². The molecule has 41 heavy (non-hydrogen) atoms. The van der Waals surface area contributed by atoms with Gasteiger partial charge in [0.05, 0.1) is 0 Å². The zero-order chi connectivity index (χ0) is 28.4. The van der Waals surface area contributed by atoms with Crippen LogP contribution in [0.2, 0.25) is 0 Å². The number of hydrogen-bond acceptors (Lipinski definition) is 0. The lowest BCUT2D eigenvalue weighted by Crippen LogP contribution is -2.15. The van der Waals surface area contributed by atoms with Crippen molar-refractivity contribution in [2.75, 3.05) is 0 Å². The van der Waals surface area contributed by atoms with Crippen molar-refractivity contribution in [2.24, 2.45) is 17.8 Å². The van der Waals surface area contributed by atoms with E-state index in [1.165, 1.54) is 100 Å². The lowest BCUT2D eigenvalue weighted by atomic mass is 9.75. The van der Waals surface area contributed by atoms with Crippen LogP contribution in [0.1, 0.15) is 131 Å². The molecule has 1 atom stereocenters. The van der Waals surface area contributed by atoms with E-state index < -0.39 is 0 Å². The normalized spacial score (nSPS) is 24.0. The second kappa shape index (κ2) is 15.0. The van der Waals surface area contributed by atoms with E-state index in [0.29, 0.717) is 17.4 Å². The Hall–Kier alpha value is -2.67. The fraction of sp³-hybridized carbons (Fsp3) is 0.500. The Kier molecular flexibility index (Phi) is 10.9. The van der Waals surface area contributed by atoms with Gasteiger partial charge in [0.1, 0.15) is 5.82 Å². The van der Waals surface area contributed by atoms with E-state index in [2.05, 4.69) is 80.6 Å². The summed E-state index contributed by atoms with van der Waals surface area (Å²) in [5, 5.41) is 0. The molecular weight excluding hydrogens is 499 g/mol. The van der Waals surface area contributed by atoms with Gasteiger partial charge in [0, 0.05) is 5.56 Å². The highest BCUT2D eigenvalue weighted by Crippen LogP contribution is 2.40. The molecular formula is C40H51F. The van der Waals surface area contributed by atoms with Gasteiger partial charge in [-0.25, -0.2) is 4.39 Å². The standard InChI is InChI=1S/C40H51F/c1-3-7-31-10-12-32(13-11-31)14-15-33-16-18-34(19-17-33)20-25-38-26-27-39(29-40(38)41)37-23-21-35(22-24-37)28-30(2)36-8-5-4-6-9-36/h4-6,8-9,16-20,25-27,29-32,35,37H,3,7,10-15,21-24,28H2,1-2H3/b25-20+. The summed E-state index contributed by atoms with van der Waals surface area (Å²) in [6.45, 7) is 4.68. The van der Waals surface area contributed by atoms with E-state index in [-0.39, 0.29) is 5.82 Å². The van der Waals surface area contributed by atoms with Crippen LogP contribution in [0.5, 0.6) is 0 Å². The molecule has 0 bridgehead atoms. The third kappa shape index (κ3) is 8.67. The number of halogens is 1. The SMILES string of the molecule is CCCC1CCC(CCc2ccc(/C=C/c3ccc(C4CCC(CC(C)c5ccccc5)CC4)cc3F)cc2)CC1. The van der Waals surface area contributed by atoms with Gasteiger partial charge in [0.15, 0.2) is 0 Å². The predicted octanol–water partition coefficient (Wildman–Crippen LogP) is 12.0. The van der Waals surface area contributed by atoms with Crippen LogP contribution in [0.15, 0.2) is 72.8 Å². The van der Waals surface area contributed by atoms with Gasteiger partial charge in [0.2, 0.25) is 0 Å². The molecule has 2 saturated carbocycles. The first-order valence-electron chi connectivity index (χ1n) is 16.7. The predicted molar refractivity (Wildman–Crippen MR) is 175 cm³/mol. The zero-order valence-corrected chi connectivity index (χ0v) is 25.5. The summed E-state index contributed by atoms with van der Waals surface area (Å²) in [5.41, 5.74) is 5.88. The minimum atomic E-state index is -0.0937. The highest BCUT2D eigenvalue weighted by Gasteiger charge is 2.25. The van der Waals surface area contributed by atoms with Gasteiger partial charge in [-0.1, -0.05) is 131 Å². The van der Waals surface area contributed by atoms with Crippen molar-refractivity contribution in [3.05, 3.63) is 106 Å². The molecule has 218 valence electrons. The van der Waals surface area contributed by atoms with Crippen molar-refractivity contribution in [3.63, 3.8) is 0 Å². The zero-order valence-electron chi connectivity index (χ0n) is 25.5. The Morgan fingerprint density at radius 3 is 2.05 bits per heavy atom. The first kappa shape index (κ1) is 29.8. The van der Waals surface area contributed by atoms with Crippen LogP contribution >= 0.6 is 0 Å². The van der Waals surface area contributed by atoms with Crippen LogP contribution in [-0.4, -0.2) is 0 Å². The summed E-state index contributed by atoms with van der Waals surface area (Å²) in [6.07, 6.45) is 21.1. The molecule has 1 unspecified atom stereocenters. The van der Waals surface area contributed by atoms with E-state index in [1.54, 1.807) is 6.07 Å². The molecule has 0 nitrogen and oxygen atoms in total. The smallest absolute Gasteiger partial charge is 0.130 e. The maximum absolute atomic E-state index is 15.1. The van der Waals surface area contributed by atoms with Crippen molar-refractivity contribution in [1.82, 2.24) is 0 Å². The molecule has 3 aromatic carbocycles. The molecule has 2 fully saturated rings. The molecule has 2 aliphatic rings. The van der Waals surface area contributed by atoms with Crippen molar-refractivity contribution >= 4 is 12.2 Å². The molecule has 0 aromatic heterocycles. The Morgan fingerprint density at radius 1 is 0.732 bits per heavy atom. The first-order chi connectivity index (χ1) is 20.1. The Labute approximate surface area is 249 Å². The van der Waals surface area contributed by atoms with E-state index in [0.717, 1.165) is 23.3 Å². The summed E-state index contributed by atoms with van der Waals surface area (Å²) in [7, 11) is 0. The average Bonchev–Trinajstić information content (AvgIpc) is 3.01. The van der Waals surface area contributed by atoms with Crippen LogP contribution in [0, 0.1) is 23.6 Å². The van der Waals surface area contributed by atoms with Gasteiger partial charge in [-0.05, 0) is 103 Å².